The molecule has 0 amide bonds. The molecule has 2 aliphatic carbocycles. The Morgan fingerprint density at radius 2 is 2.00 bits per heavy atom. The lowest BCUT2D eigenvalue weighted by atomic mass is 10.1. The fourth-order valence-corrected chi connectivity index (χ4v) is 1.75. The van der Waals surface area contributed by atoms with E-state index >= 15 is 0 Å². The van der Waals surface area contributed by atoms with Crippen LogP contribution >= 0.6 is 0 Å². The summed E-state index contributed by atoms with van der Waals surface area (Å²) in [5, 5.41) is 3.59. The molecule has 0 radical (unpaired) electrons. The van der Waals surface area contributed by atoms with Crippen molar-refractivity contribution in [2.24, 2.45) is 0 Å². The zero-order valence-corrected chi connectivity index (χ0v) is 7.24. The van der Waals surface area contributed by atoms with Crippen molar-refractivity contribution in [1.82, 2.24) is 5.32 Å². The molecule has 0 spiro atoms. The molecule has 2 atom stereocenters. The summed E-state index contributed by atoms with van der Waals surface area (Å²) >= 11 is 0. The number of allylic oxidation sites excluding steroid dienone is 3. The van der Waals surface area contributed by atoms with E-state index < -0.39 is 0 Å². The third-order valence-electron chi connectivity index (χ3n) is 2.42. The molecule has 0 aromatic rings. The van der Waals surface area contributed by atoms with E-state index in [1.807, 2.05) is 0 Å². The van der Waals surface area contributed by atoms with E-state index in [0.29, 0.717) is 12.1 Å². The highest BCUT2D eigenvalue weighted by Crippen LogP contribution is 2.12. The lowest BCUT2D eigenvalue weighted by molar-refractivity contribution is 0.522. The third kappa shape index (κ3) is 1.86. The topological polar surface area (TPSA) is 12.0 Å². The van der Waals surface area contributed by atoms with Crippen molar-refractivity contribution in [3.63, 3.8) is 0 Å². The van der Waals surface area contributed by atoms with Gasteiger partial charge in [0.15, 0.2) is 0 Å². The van der Waals surface area contributed by atoms with Gasteiger partial charge in [-0.1, -0.05) is 36.5 Å². The molecule has 2 rings (SSSR count). The normalized spacial score (nSPS) is 33.0. The van der Waals surface area contributed by atoms with Gasteiger partial charge in [-0.3, -0.25) is 0 Å². The molecule has 0 aromatic heterocycles. The third-order valence-corrected chi connectivity index (χ3v) is 2.42. The van der Waals surface area contributed by atoms with Crippen molar-refractivity contribution in [2.45, 2.75) is 31.3 Å². The highest BCUT2D eigenvalue weighted by molar-refractivity contribution is 5.15. The fraction of sp³-hybridized carbons (Fsp3) is 0.455. The molecule has 1 N–H and O–H groups in total. The maximum atomic E-state index is 3.59. The summed E-state index contributed by atoms with van der Waals surface area (Å²) < 4.78 is 0. The Morgan fingerprint density at radius 3 is 2.67 bits per heavy atom. The van der Waals surface area contributed by atoms with Crippen molar-refractivity contribution < 1.29 is 0 Å². The molecule has 1 nitrogen and oxygen atoms in total. The van der Waals surface area contributed by atoms with Crippen LogP contribution in [0.2, 0.25) is 0 Å². The van der Waals surface area contributed by atoms with Crippen LogP contribution in [0.1, 0.15) is 19.3 Å². The van der Waals surface area contributed by atoms with Gasteiger partial charge >= 0.3 is 0 Å². The van der Waals surface area contributed by atoms with Crippen LogP contribution in [0.4, 0.5) is 0 Å². The van der Waals surface area contributed by atoms with Crippen molar-refractivity contribution in [1.29, 1.82) is 0 Å². The second-order valence-corrected chi connectivity index (χ2v) is 3.43. The first-order valence-electron chi connectivity index (χ1n) is 4.71. The van der Waals surface area contributed by atoms with E-state index in [1.54, 1.807) is 0 Å². The number of hydrogen-bond donors (Lipinski definition) is 1. The standard InChI is InChI=1S/C11H15N/c1-2-6-10(7-3-1)12-11-8-4-5-9-11/h1-4,6,8,10-12H,5,7,9H2. The van der Waals surface area contributed by atoms with Gasteiger partial charge in [0.05, 0.1) is 0 Å². The van der Waals surface area contributed by atoms with Crippen molar-refractivity contribution in [3.8, 4) is 0 Å². The van der Waals surface area contributed by atoms with Crippen LogP contribution in [0.25, 0.3) is 0 Å². The monoisotopic (exact) mass is 161 g/mol. The van der Waals surface area contributed by atoms with Gasteiger partial charge in [0, 0.05) is 12.1 Å². The van der Waals surface area contributed by atoms with Gasteiger partial charge < -0.3 is 5.32 Å². The highest BCUT2D eigenvalue weighted by atomic mass is 14.9. The van der Waals surface area contributed by atoms with Crippen LogP contribution in [0.5, 0.6) is 0 Å². The first kappa shape index (κ1) is 7.81. The van der Waals surface area contributed by atoms with E-state index in [9.17, 15) is 0 Å². The molecular weight excluding hydrogens is 146 g/mol. The molecule has 0 heterocycles. The van der Waals surface area contributed by atoms with Crippen LogP contribution in [-0.4, -0.2) is 12.1 Å². The molecule has 0 saturated carbocycles. The van der Waals surface area contributed by atoms with Gasteiger partial charge in [0.1, 0.15) is 0 Å². The minimum absolute atomic E-state index is 0.558. The van der Waals surface area contributed by atoms with Gasteiger partial charge in [0.2, 0.25) is 0 Å². The summed E-state index contributed by atoms with van der Waals surface area (Å²) in [5.41, 5.74) is 0. The molecule has 0 aliphatic heterocycles. The lowest BCUT2D eigenvalue weighted by Gasteiger charge is -2.19. The summed E-state index contributed by atoms with van der Waals surface area (Å²) in [6.45, 7) is 0. The molecule has 0 fully saturated rings. The van der Waals surface area contributed by atoms with E-state index in [-0.39, 0.29) is 0 Å². The molecule has 0 saturated heterocycles. The van der Waals surface area contributed by atoms with Crippen molar-refractivity contribution in [2.75, 3.05) is 0 Å². The van der Waals surface area contributed by atoms with Crippen molar-refractivity contribution in [3.05, 3.63) is 36.5 Å². The molecule has 12 heavy (non-hydrogen) atoms. The van der Waals surface area contributed by atoms with E-state index in [4.69, 9.17) is 0 Å². The summed E-state index contributed by atoms with van der Waals surface area (Å²) in [6.07, 6.45) is 16.9. The van der Waals surface area contributed by atoms with Gasteiger partial charge in [-0.2, -0.15) is 0 Å². The minimum atomic E-state index is 0.558. The van der Waals surface area contributed by atoms with Crippen LogP contribution in [-0.2, 0) is 0 Å². The van der Waals surface area contributed by atoms with Gasteiger partial charge in [0.25, 0.3) is 0 Å². The Kier molecular flexibility index (Phi) is 2.42. The zero-order valence-electron chi connectivity index (χ0n) is 7.24. The first-order chi connectivity index (χ1) is 5.95. The summed E-state index contributed by atoms with van der Waals surface area (Å²) in [6, 6.07) is 1.17. The summed E-state index contributed by atoms with van der Waals surface area (Å²) in [4.78, 5) is 0. The Morgan fingerprint density at radius 1 is 1.00 bits per heavy atom. The largest absolute Gasteiger partial charge is 0.304 e. The van der Waals surface area contributed by atoms with Gasteiger partial charge in [-0.25, -0.2) is 0 Å². The zero-order chi connectivity index (χ0) is 8.23. The highest BCUT2D eigenvalue weighted by Gasteiger charge is 2.12. The van der Waals surface area contributed by atoms with Crippen LogP contribution in [0, 0.1) is 0 Å². The smallest absolute Gasteiger partial charge is 0.0293 e. The lowest BCUT2D eigenvalue weighted by Crippen LogP contribution is -2.34. The van der Waals surface area contributed by atoms with Crippen LogP contribution in [0.15, 0.2) is 36.5 Å². The minimum Gasteiger partial charge on any atom is -0.304 e. The van der Waals surface area contributed by atoms with Crippen molar-refractivity contribution >= 4 is 0 Å². The first-order valence-corrected chi connectivity index (χ1v) is 4.71. The molecule has 0 aromatic carbocycles. The second-order valence-electron chi connectivity index (χ2n) is 3.43. The Hall–Kier alpha value is -0.820. The molecule has 0 bridgehead atoms. The second kappa shape index (κ2) is 3.72. The number of nitrogens with one attached hydrogen (secondary N) is 1. The van der Waals surface area contributed by atoms with E-state index in [0.717, 1.165) is 6.42 Å². The van der Waals surface area contributed by atoms with Gasteiger partial charge in [-0.05, 0) is 19.3 Å². The average molecular weight is 161 g/mol. The predicted octanol–water partition coefficient (Wildman–Crippen LogP) is 2.18. The molecule has 2 unspecified atom stereocenters. The Labute approximate surface area is 73.9 Å². The van der Waals surface area contributed by atoms with E-state index in [2.05, 4.69) is 41.8 Å². The SMILES string of the molecule is C1=CCC(NC2C=CCC2)C=C1. The van der Waals surface area contributed by atoms with Crippen LogP contribution < -0.4 is 5.32 Å². The molecule has 2 aliphatic rings. The molecule has 1 heteroatoms. The van der Waals surface area contributed by atoms with Gasteiger partial charge in [-0.15, -0.1) is 0 Å². The Bertz CT molecular complexity index is 225. The average Bonchev–Trinajstić information content (AvgIpc) is 2.59. The fourth-order valence-electron chi connectivity index (χ4n) is 1.75. The molecule has 64 valence electrons. The number of rotatable bonds is 2. The quantitative estimate of drug-likeness (QED) is 0.612. The molecular formula is C11H15N. The maximum Gasteiger partial charge on any atom is 0.0293 e. The maximum absolute atomic E-state index is 3.59. The Balaban J connectivity index is 1.82. The number of hydrogen-bond acceptors (Lipinski definition) is 1. The van der Waals surface area contributed by atoms with Crippen LogP contribution in [0.3, 0.4) is 0 Å². The van der Waals surface area contributed by atoms with E-state index in [1.165, 1.54) is 12.8 Å². The predicted molar refractivity (Wildman–Crippen MR) is 52.0 cm³/mol. The summed E-state index contributed by atoms with van der Waals surface area (Å²) in [7, 11) is 0. The summed E-state index contributed by atoms with van der Waals surface area (Å²) in [5.74, 6) is 0.